The van der Waals surface area contributed by atoms with Crippen molar-refractivity contribution in [1.29, 1.82) is 0 Å². The number of hydrogen-bond donors (Lipinski definition) is 0. The van der Waals surface area contributed by atoms with Gasteiger partial charge in [0.25, 0.3) is 0 Å². The maximum Gasteiger partial charge on any atom is 0.495 e. The van der Waals surface area contributed by atoms with Crippen molar-refractivity contribution in [3.05, 3.63) is 72.3 Å². The first kappa shape index (κ1) is 26.2. The molecule has 0 saturated carbocycles. The zero-order chi connectivity index (χ0) is 26.8. The van der Waals surface area contributed by atoms with Gasteiger partial charge >= 0.3 is 14.2 Å². The monoisotopic (exact) mass is 496 g/mol. The van der Waals surface area contributed by atoms with Gasteiger partial charge in [-0.05, 0) is 95.5 Å². The van der Waals surface area contributed by atoms with Crippen molar-refractivity contribution in [2.24, 2.45) is 0 Å². The quantitative estimate of drug-likeness (QED) is 0.420. The molecule has 0 spiro atoms. The van der Waals surface area contributed by atoms with Crippen molar-refractivity contribution in [3.8, 4) is 22.3 Å². The van der Waals surface area contributed by atoms with Crippen molar-refractivity contribution >= 4 is 25.2 Å². The largest absolute Gasteiger partial charge is 0.495 e. The molecule has 5 rings (SSSR count). The molecule has 0 aliphatic carbocycles. The second kappa shape index (κ2) is 8.84. The Morgan fingerprint density at radius 2 is 0.838 bits per heavy atom. The van der Waals surface area contributed by atoms with Gasteiger partial charge in [-0.1, -0.05) is 72.3 Å². The summed E-state index contributed by atoms with van der Waals surface area (Å²) in [7, 11) is -1.01. The third-order valence-corrected chi connectivity index (χ3v) is 8.68. The van der Waals surface area contributed by atoms with Gasteiger partial charge in [0.2, 0.25) is 0 Å². The molecule has 2 aliphatic heterocycles. The van der Waals surface area contributed by atoms with Crippen LogP contribution < -0.4 is 10.9 Å². The van der Waals surface area contributed by atoms with E-state index in [0.717, 1.165) is 33.2 Å². The highest BCUT2D eigenvalue weighted by Crippen LogP contribution is 2.40. The van der Waals surface area contributed by atoms with Crippen LogP contribution in [0.2, 0.25) is 0 Å². The average molecular weight is 496 g/mol. The Kier molecular flexibility index (Phi) is 6.27. The number of rotatable bonds is 4. The number of aryl methyl sites for hydroxylation is 1. The molecule has 2 fully saturated rings. The molecule has 2 heterocycles. The van der Waals surface area contributed by atoms with Gasteiger partial charge in [-0.25, -0.2) is 0 Å². The van der Waals surface area contributed by atoms with Crippen LogP contribution in [0, 0.1) is 6.92 Å². The first-order valence-electron chi connectivity index (χ1n) is 13.2. The van der Waals surface area contributed by atoms with Crippen molar-refractivity contribution < 1.29 is 18.6 Å². The van der Waals surface area contributed by atoms with Crippen LogP contribution >= 0.6 is 0 Å². The molecule has 0 aromatic heterocycles. The summed E-state index contributed by atoms with van der Waals surface area (Å²) >= 11 is 0. The fourth-order valence-corrected chi connectivity index (χ4v) is 4.81. The highest BCUT2D eigenvalue weighted by molar-refractivity contribution is 6.67. The van der Waals surface area contributed by atoms with Crippen LogP contribution in [0.5, 0.6) is 0 Å². The van der Waals surface area contributed by atoms with Gasteiger partial charge in [-0.3, -0.25) is 0 Å². The smallest absolute Gasteiger partial charge is 0.399 e. The number of benzene rings is 3. The summed E-state index contributed by atoms with van der Waals surface area (Å²) in [5.41, 5.74) is 5.75. The maximum absolute atomic E-state index is 6.57. The molecule has 2 aliphatic rings. The fraction of sp³-hybridized carbons (Fsp3) is 0.419. The Hall–Kier alpha value is -2.37. The van der Waals surface area contributed by atoms with E-state index in [1.165, 1.54) is 5.56 Å². The SMILES string of the molecule is Cc1ccc(-c2cc(B3OC(C)(C)C(C)(C)O3)c(-c3ccccc3)cc2B2OC(C)(C)C(C)(C)O2)cc1. The summed E-state index contributed by atoms with van der Waals surface area (Å²) in [6.07, 6.45) is 0. The molecule has 37 heavy (non-hydrogen) atoms. The van der Waals surface area contributed by atoms with Gasteiger partial charge in [-0.15, -0.1) is 0 Å². The van der Waals surface area contributed by atoms with Crippen LogP contribution in [-0.2, 0) is 18.6 Å². The summed E-state index contributed by atoms with van der Waals surface area (Å²) in [4.78, 5) is 0. The summed E-state index contributed by atoms with van der Waals surface area (Å²) in [5.74, 6) is 0. The molecule has 0 unspecified atom stereocenters. The molecule has 192 valence electrons. The van der Waals surface area contributed by atoms with E-state index in [1.807, 2.05) is 6.07 Å². The van der Waals surface area contributed by atoms with Gasteiger partial charge in [0.15, 0.2) is 0 Å². The minimum Gasteiger partial charge on any atom is -0.399 e. The molecule has 0 bridgehead atoms. The average Bonchev–Trinajstić information content (AvgIpc) is 3.18. The predicted molar refractivity (Wildman–Crippen MR) is 153 cm³/mol. The van der Waals surface area contributed by atoms with E-state index in [0.29, 0.717) is 0 Å². The third-order valence-electron chi connectivity index (χ3n) is 8.68. The Morgan fingerprint density at radius 3 is 1.22 bits per heavy atom. The van der Waals surface area contributed by atoms with Crippen molar-refractivity contribution in [1.82, 2.24) is 0 Å². The molecular weight excluding hydrogens is 458 g/mol. The Bertz CT molecular complexity index is 1260. The second-order valence-electron chi connectivity index (χ2n) is 12.4. The fourth-order valence-electron chi connectivity index (χ4n) is 4.81. The lowest BCUT2D eigenvalue weighted by Crippen LogP contribution is -2.41. The molecule has 4 nitrogen and oxygen atoms in total. The molecule has 0 radical (unpaired) electrons. The second-order valence-corrected chi connectivity index (χ2v) is 12.4. The minimum atomic E-state index is -0.504. The third kappa shape index (κ3) is 4.59. The Balaban J connectivity index is 1.74. The van der Waals surface area contributed by atoms with Crippen LogP contribution in [0.25, 0.3) is 22.3 Å². The molecule has 6 heteroatoms. The van der Waals surface area contributed by atoms with Crippen molar-refractivity contribution in [2.45, 2.75) is 84.7 Å². The zero-order valence-corrected chi connectivity index (χ0v) is 23.6. The van der Waals surface area contributed by atoms with Crippen LogP contribution in [-0.4, -0.2) is 36.6 Å². The van der Waals surface area contributed by atoms with Gasteiger partial charge in [-0.2, -0.15) is 0 Å². The molecule has 0 amide bonds. The van der Waals surface area contributed by atoms with E-state index in [1.54, 1.807) is 0 Å². The van der Waals surface area contributed by atoms with Gasteiger partial charge in [0.05, 0.1) is 22.4 Å². The standard InChI is InChI=1S/C31H38B2O4/c1-21-15-17-23(18-16-21)25-20-26(32-34-28(2,3)29(4,5)35-32)24(22-13-11-10-12-14-22)19-27(25)33-36-30(6,7)31(8,9)37-33/h10-20H,1-9H3. The molecule has 0 N–H and O–H groups in total. The van der Waals surface area contributed by atoms with Crippen molar-refractivity contribution in [3.63, 3.8) is 0 Å². The van der Waals surface area contributed by atoms with Gasteiger partial charge in [0, 0.05) is 0 Å². The summed E-state index contributed by atoms with van der Waals surface area (Å²) in [6.45, 7) is 18.8. The van der Waals surface area contributed by atoms with Crippen LogP contribution in [0.4, 0.5) is 0 Å². The molecule has 0 atom stereocenters. The zero-order valence-electron chi connectivity index (χ0n) is 23.6. The first-order valence-corrected chi connectivity index (χ1v) is 13.2. The van der Waals surface area contributed by atoms with Gasteiger partial charge in [0.1, 0.15) is 0 Å². The number of hydrogen-bond acceptors (Lipinski definition) is 4. The lowest BCUT2D eigenvalue weighted by atomic mass is 9.67. The minimum absolute atomic E-state index is 0.444. The van der Waals surface area contributed by atoms with Crippen molar-refractivity contribution in [2.75, 3.05) is 0 Å². The summed E-state index contributed by atoms with van der Waals surface area (Å²) < 4.78 is 26.3. The maximum atomic E-state index is 6.57. The van der Waals surface area contributed by atoms with E-state index in [4.69, 9.17) is 18.6 Å². The molecule has 3 aromatic rings. The summed E-state index contributed by atoms with van der Waals surface area (Å²) in [6, 6.07) is 23.5. The van der Waals surface area contributed by atoms with Crippen LogP contribution in [0.3, 0.4) is 0 Å². The highest BCUT2D eigenvalue weighted by atomic mass is 16.7. The van der Waals surface area contributed by atoms with Crippen LogP contribution in [0.15, 0.2) is 66.7 Å². The molecule has 3 aromatic carbocycles. The summed E-state index contributed by atoms with van der Waals surface area (Å²) in [5, 5.41) is 0. The topological polar surface area (TPSA) is 36.9 Å². The lowest BCUT2D eigenvalue weighted by Gasteiger charge is -2.32. The van der Waals surface area contributed by atoms with E-state index < -0.39 is 36.6 Å². The normalized spacial score (nSPS) is 21.4. The molecular formula is C31H38B2O4. The Labute approximate surface area is 223 Å². The van der Waals surface area contributed by atoms with E-state index in [-0.39, 0.29) is 0 Å². The van der Waals surface area contributed by atoms with E-state index in [2.05, 4.69) is 123 Å². The molecule has 2 saturated heterocycles. The van der Waals surface area contributed by atoms with Crippen LogP contribution in [0.1, 0.15) is 61.0 Å². The van der Waals surface area contributed by atoms with E-state index >= 15 is 0 Å². The predicted octanol–water partition coefficient (Wildman–Crippen LogP) is 5.93. The van der Waals surface area contributed by atoms with Gasteiger partial charge < -0.3 is 18.6 Å². The Morgan fingerprint density at radius 1 is 0.486 bits per heavy atom. The first-order chi connectivity index (χ1) is 17.2. The lowest BCUT2D eigenvalue weighted by molar-refractivity contribution is 0.00578. The highest BCUT2D eigenvalue weighted by Gasteiger charge is 2.54. The van der Waals surface area contributed by atoms with E-state index in [9.17, 15) is 0 Å².